The number of fused-ring (bicyclic) bond motifs is 1. The van der Waals surface area contributed by atoms with Gasteiger partial charge in [0.15, 0.2) is 0 Å². The van der Waals surface area contributed by atoms with Crippen molar-refractivity contribution in [2.24, 2.45) is 11.7 Å². The normalized spacial score (nSPS) is 15.6. The molecule has 114 valence electrons. The maximum atomic E-state index is 12.1. The van der Waals surface area contributed by atoms with Crippen molar-refractivity contribution in [2.45, 2.75) is 32.4 Å². The number of carbonyl (C=O) groups excluding carboxylic acids is 1. The average molecular weight is 289 g/mol. The molecule has 3 atom stereocenters. The molecule has 0 bridgehead atoms. The number of hydrogen-bond acceptors (Lipinski definition) is 3. The van der Waals surface area contributed by atoms with Crippen LogP contribution in [0.3, 0.4) is 0 Å². The van der Waals surface area contributed by atoms with E-state index in [1.54, 1.807) is 0 Å². The lowest BCUT2D eigenvalue weighted by molar-refractivity contribution is -0.123. The lowest BCUT2D eigenvalue weighted by Crippen LogP contribution is -2.47. The Balaban J connectivity index is 2.00. The van der Waals surface area contributed by atoms with Gasteiger partial charge in [-0.2, -0.15) is 0 Å². The van der Waals surface area contributed by atoms with E-state index in [1.165, 1.54) is 0 Å². The summed E-state index contributed by atoms with van der Waals surface area (Å²) in [5.74, 6) is -0.178. The van der Waals surface area contributed by atoms with E-state index in [1.807, 2.05) is 44.3 Å². The van der Waals surface area contributed by atoms with Crippen LogP contribution in [0.4, 0.5) is 0 Å². The number of rotatable bonds is 6. The minimum absolute atomic E-state index is 0.00855. The fraction of sp³-hybridized carbons (Fsp3) is 0.438. The SMILES string of the molecule is CC(CO)C(C)NC(=O)C(N)Cc1c[nH]c2ccccc12. The smallest absolute Gasteiger partial charge is 0.237 e. The van der Waals surface area contributed by atoms with Gasteiger partial charge in [0, 0.05) is 29.7 Å². The molecule has 5 N–H and O–H groups in total. The standard InChI is InChI=1S/C16H23N3O2/c1-10(9-20)11(2)19-16(21)14(17)7-12-8-18-15-6-4-3-5-13(12)15/h3-6,8,10-11,14,18,20H,7,9,17H2,1-2H3,(H,19,21). The van der Waals surface area contributed by atoms with Gasteiger partial charge in [0.05, 0.1) is 6.04 Å². The average Bonchev–Trinajstić information content (AvgIpc) is 2.89. The Morgan fingerprint density at radius 2 is 2.10 bits per heavy atom. The van der Waals surface area contributed by atoms with Gasteiger partial charge in [0.1, 0.15) is 0 Å². The van der Waals surface area contributed by atoms with Gasteiger partial charge in [-0.15, -0.1) is 0 Å². The van der Waals surface area contributed by atoms with E-state index in [0.717, 1.165) is 16.5 Å². The molecule has 0 saturated heterocycles. The zero-order chi connectivity index (χ0) is 15.4. The van der Waals surface area contributed by atoms with Crippen LogP contribution in [0.1, 0.15) is 19.4 Å². The summed E-state index contributed by atoms with van der Waals surface area (Å²) in [7, 11) is 0. The van der Waals surface area contributed by atoms with Crippen molar-refractivity contribution in [2.75, 3.05) is 6.61 Å². The molecule has 5 heteroatoms. The number of benzene rings is 1. The Bertz CT molecular complexity index is 608. The molecule has 5 nitrogen and oxygen atoms in total. The molecule has 3 unspecified atom stereocenters. The number of amides is 1. The highest BCUT2D eigenvalue weighted by Crippen LogP contribution is 2.18. The topological polar surface area (TPSA) is 91.1 Å². The predicted octanol–water partition coefficient (Wildman–Crippen LogP) is 1.17. The number of nitrogens with one attached hydrogen (secondary N) is 2. The van der Waals surface area contributed by atoms with Gasteiger partial charge in [0.25, 0.3) is 0 Å². The highest BCUT2D eigenvalue weighted by molar-refractivity contribution is 5.86. The van der Waals surface area contributed by atoms with Crippen molar-refractivity contribution in [3.63, 3.8) is 0 Å². The molecule has 1 aromatic carbocycles. The molecular weight excluding hydrogens is 266 g/mol. The minimum Gasteiger partial charge on any atom is -0.396 e. The van der Waals surface area contributed by atoms with Crippen LogP contribution >= 0.6 is 0 Å². The van der Waals surface area contributed by atoms with E-state index in [9.17, 15) is 4.79 Å². The fourth-order valence-corrected chi connectivity index (χ4v) is 2.26. The molecule has 0 aliphatic rings. The number of nitrogens with two attached hydrogens (primary N) is 1. The number of aliphatic hydroxyl groups is 1. The van der Waals surface area contributed by atoms with Crippen molar-refractivity contribution < 1.29 is 9.90 Å². The maximum Gasteiger partial charge on any atom is 0.237 e. The third-order valence-electron chi connectivity index (χ3n) is 3.96. The van der Waals surface area contributed by atoms with Gasteiger partial charge >= 0.3 is 0 Å². The summed E-state index contributed by atoms with van der Waals surface area (Å²) in [5, 5.41) is 13.0. The molecule has 1 heterocycles. The molecular formula is C16H23N3O2. The van der Waals surface area contributed by atoms with Crippen LogP contribution in [0.2, 0.25) is 0 Å². The number of hydrogen-bond donors (Lipinski definition) is 4. The van der Waals surface area contributed by atoms with Crippen LogP contribution in [0, 0.1) is 5.92 Å². The molecule has 2 aromatic rings. The lowest BCUT2D eigenvalue weighted by atomic mass is 10.0. The van der Waals surface area contributed by atoms with Crippen LogP contribution in [-0.4, -0.2) is 34.7 Å². The second-order valence-electron chi connectivity index (χ2n) is 5.63. The van der Waals surface area contributed by atoms with E-state index in [0.29, 0.717) is 6.42 Å². The van der Waals surface area contributed by atoms with Gasteiger partial charge in [-0.3, -0.25) is 4.79 Å². The molecule has 0 aliphatic carbocycles. The molecule has 1 amide bonds. The van der Waals surface area contributed by atoms with Gasteiger partial charge in [-0.1, -0.05) is 25.1 Å². The summed E-state index contributed by atoms with van der Waals surface area (Å²) in [6.07, 6.45) is 2.38. The van der Waals surface area contributed by atoms with E-state index >= 15 is 0 Å². The number of carbonyl (C=O) groups is 1. The highest BCUT2D eigenvalue weighted by atomic mass is 16.3. The second-order valence-corrected chi connectivity index (χ2v) is 5.63. The minimum atomic E-state index is -0.599. The first kappa shape index (κ1) is 15.5. The van der Waals surface area contributed by atoms with Crippen LogP contribution < -0.4 is 11.1 Å². The fourth-order valence-electron chi connectivity index (χ4n) is 2.26. The largest absolute Gasteiger partial charge is 0.396 e. The number of aliphatic hydroxyl groups excluding tert-OH is 1. The number of H-pyrrole nitrogens is 1. The zero-order valence-electron chi connectivity index (χ0n) is 12.5. The summed E-state index contributed by atoms with van der Waals surface area (Å²) in [6, 6.07) is 7.25. The number of aromatic amines is 1. The van der Waals surface area contributed by atoms with E-state index < -0.39 is 6.04 Å². The summed E-state index contributed by atoms with van der Waals surface area (Å²) in [4.78, 5) is 15.3. The van der Waals surface area contributed by atoms with E-state index in [4.69, 9.17) is 10.8 Å². The Morgan fingerprint density at radius 1 is 1.38 bits per heavy atom. The first-order valence-corrected chi connectivity index (χ1v) is 7.24. The maximum absolute atomic E-state index is 12.1. The first-order valence-electron chi connectivity index (χ1n) is 7.24. The molecule has 0 saturated carbocycles. The van der Waals surface area contributed by atoms with Crippen LogP contribution in [0.25, 0.3) is 10.9 Å². The van der Waals surface area contributed by atoms with Crippen molar-refractivity contribution >= 4 is 16.8 Å². The first-order chi connectivity index (χ1) is 10.0. The molecule has 1 aromatic heterocycles. The summed E-state index contributed by atoms with van der Waals surface area (Å²) < 4.78 is 0. The monoisotopic (exact) mass is 289 g/mol. The Labute approximate surface area is 124 Å². The Hall–Kier alpha value is -1.85. The lowest BCUT2D eigenvalue weighted by Gasteiger charge is -2.21. The molecule has 0 radical (unpaired) electrons. The summed E-state index contributed by atoms with van der Waals surface area (Å²) >= 11 is 0. The van der Waals surface area contributed by atoms with Crippen molar-refractivity contribution in [3.8, 4) is 0 Å². The van der Waals surface area contributed by atoms with E-state index in [-0.39, 0.29) is 24.5 Å². The van der Waals surface area contributed by atoms with Gasteiger partial charge < -0.3 is 21.1 Å². The predicted molar refractivity (Wildman–Crippen MR) is 83.8 cm³/mol. The highest BCUT2D eigenvalue weighted by Gasteiger charge is 2.20. The molecule has 0 spiro atoms. The van der Waals surface area contributed by atoms with Crippen LogP contribution in [0.5, 0.6) is 0 Å². The Morgan fingerprint density at radius 3 is 2.81 bits per heavy atom. The summed E-state index contributed by atoms with van der Waals surface area (Å²) in [6.45, 7) is 3.80. The van der Waals surface area contributed by atoms with Gasteiger partial charge in [-0.25, -0.2) is 0 Å². The number of aromatic nitrogens is 1. The van der Waals surface area contributed by atoms with Crippen molar-refractivity contribution in [3.05, 3.63) is 36.0 Å². The third kappa shape index (κ3) is 3.62. The van der Waals surface area contributed by atoms with Crippen molar-refractivity contribution in [1.29, 1.82) is 0 Å². The van der Waals surface area contributed by atoms with Gasteiger partial charge in [-0.05, 0) is 30.9 Å². The molecule has 0 aliphatic heterocycles. The number of para-hydroxylation sites is 1. The second kappa shape index (κ2) is 6.74. The van der Waals surface area contributed by atoms with Crippen molar-refractivity contribution in [1.82, 2.24) is 10.3 Å². The van der Waals surface area contributed by atoms with Crippen LogP contribution in [0.15, 0.2) is 30.5 Å². The zero-order valence-corrected chi connectivity index (χ0v) is 12.5. The van der Waals surface area contributed by atoms with Crippen LogP contribution in [-0.2, 0) is 11.2 Å². The third-order valence-corrected chi connectivity index (χ3v) is 3.96. The van der Waals surface area contributed by atoms with E-state index in [2.05, 4.69) is 10.3 Å². The molecule has 0 fully saturated rings. The molecule has 21 heavy (non-hydrogen) atoms. The quantitative estimate of drug-likeness (QED) is 0.643. The molecule has 2 rings (SSSR count). The summed E-state index contributed by atoms with van der Waals surface area (Å²) in [5.41, 5.74) is 8.08. The van der Waals surface area contributed by atoms with Gasteiger partial charge in [0.2, 0.25) is 5.91 Å². The Kier molecular flexibility index (Phi) is 4.98.